The van der Waals surface area contributed by atoms with Gasteiger partial charge in [0.2, 0.25) is 5.91 Å². The number of carbonyl (C=O) groups is 1. The molecule has 1 aliphatic rings. The molecule has 0 radical (unpaired) electrons. The van der Waals surface area contributed by atoms with Gasteiger partial charge >= 0.3 is 0 Å². The molecule has 4 rings (SSSR count). The van der Waals surface area contributed by atoms with Crippen molar-refractivity contribution in [3.05, 3.63) is 53.0 Å². The van der Waals surface area contributed by atoms with Gasteiger partial charge in [-0.15, -0.1) is 11.3 Å². The number of hydrogen-bond acceptors (Lipinski definition) is 5. The van der Waals surface area contributed by atoms with Crippen LogP contribution < -0.4 is 10.2 Å². The van der Waals surface area contributed by atoms with E-state index in [0.717, 1.165) is 48.0 Å². The van der Waals surface area contributed by atoms with Gasteiger partial charge in [-0.1, -0.05) is 12.1 Å². The van der Waals surface area contributed by atoms with Crippen molar-refractivity contribution in [3.63, 3.8) is 0 Å². The molecule has 5 nitrogen and oxygen atoms in total. The fourth-order valence-corrected chi connectivity index (χ4v) is 4.48. The summed E-state index contributed by atoms with van der Waals surface area (Å²) in [5, 5.41) is 4.08. The third-order valence-corrected chi connectivity index (χ3v) is 6.35. The number of piperazine rings is 1. The van der Waals surface area contributed by atoms with Gasteiger partial charge in [0.1, 0.15) is 0 Å². The van der Waals surface area contributed by atoms with Gasteiger partial charge in [0.15, 0.2) is 0 Å². The second kappa shape index (κ2) is 8.29. The van der Waals surface area contributed by atoms with Crippen LogP contribution in [-0.2, 0) is 11.2 Å². The monoisotopic (exact) mass is 394 g/mol. The number of thiazole rings is 1. The second-order valence-electron chi connectivity index (χ2n) is 7.41. The van der Waals surface area contributed by atoms with E-state index in [-0.39, 0.29) is 5.91 Å². The van der Waals surface area contributed by atoms with Crippen LogP contribution in [0.15, 0.2) is 42.5 Å². The molecule has 28 heavy (non-hydrogen) atoms. The molecule has 0 atom stereocenters. The van der Waals surface area contributed by atoms with Crippen LogP contribution in [0.4, 0.5) is 11.4 Å². The van der Waals surface area contributed by atoms with E-state index in [2.05, 4.69) is 52.3 Å². The van der Waals surface area contributed by atoms with E-state index in [0.29, 0.717) is 12.8 Å². The molecule has 1 saturated heterocycles. The number of likely N-dealkylation sites (N-methyl/N-ethyl adjacent to an activating group) is 1. The predicted octanol–water partition coefficient (Wildman–Crippen LogP) is 3.93. The summed E-state index contributed by atoms with van der Waals surface area (Å²) in [6, 6.07) is 14.4. The van der Waals surface area contributed by atoms with Gasteiger partial charge in [0.25, 0.3) is 0 Å². The molecule has 1 fully saturated rings. The Labute approximate surface area is 170 Å². The maximum Gasteiger partial charge on any atom is 0.224 e. The third-order valence-electron chi connectivity index (χ3n) is 5.26. The summed E-state index contributed by atoms with van der Waals surface area (Å²) in [5.41, 5.74) is 4.24. The highest BCUT2D eigenvalue weighted by Crippen LogP contribution is 2.25. The van der Waals surface area contributed by atoms with Crippen LogP contribution in [0.25, 0.3) is 10.2 Å². The Morgan fingerprint density at radius 3 is 2.68 bits per heavy atom. The summed E-state index contributed by atoms with van der Waals surface area (Å²) in [4.78, 5) is 21.8. The molecule has 0 saturated carbocycles. The first-order valence-electron chi connectivity index (χ1n) is 9.77. The predicted molar refractivity (Wildman–Crippen MR) is 117 cm³/mol. The number of anilines is 2. The minimum Gasteiger partial charge on any atom is -0.369 e. The Kier molecular flexibility index (Phi) is 5.59. The molecule has 1 amide bonds. The number of rotatable bonds is 5. The minimum absolute atomic E-state index is 0.0368. The van der Waals surface area contributed by atoms with Crippen molar-refractivity contribution in [1.82, 2.24) is 9.88 Å². The zero-order valence-corrected chi connectivity index (χ0v) is 17.3. The maximum atomic E-state index is 12.4. The lowest BCUT2D eigenvalue weighted by Gasteiger charge is -2.34. The number of nitrogens with zero attached hydrogens (tertiary/aromatic N) is 3. The highest BCUT2D eigenvalue weighted by Gasteiger charge is 2.15. The van der Waals surface area contributed by atoms with E-state index < -0.39 is 0 Å². The average molecular weight is 395 g/mol. The molecule has 1 N–H and O–H groups in total. The van der Waals surface area contributed by atoms with Crippen LogP contribution in [0.1, 0.15) is 17.0 Å². The number of aryl methyl sites for hydroxylation is 2. The Bertz CT molecular complexity index is 943. The molecule has 3 aromatic rings. The van der Waals surface area contributed by atoms with Crippen molar-refractivity contribution < 1.29 is 4.79 Å². The van der Waals surface area contributed by atoms with E-state index in [1.54, 1.807) is 11.3 Å². The summed E-state index contributed by atoms with van der Waals surface area (Å²) in [5.74, 6) is 0.0368. The van der Waals surface area contributed by atoms with Crippen LogP contribution in [0, 0.1) is 6.92 Å². The van der Waals surface area contributed by atoms with E-state index in [9.17, 15) is 4.79 Å². The summed E-state index contributed by atoms with van der Waals surface area (Å²) in [7, 11) is 2.16. The first-order valence-corrected chi connectivity index (χ1v) is 10.6. The number of amides is 1. The maximum absolute atomic E-state index is 12.4. The summed E-state index contributed by atoms with van der Waals surface area (Å²) in [6.07, 6.45) is 1.11. The Balaban J connectivity index is 1.34. The molecular weight excluding hydrogens is 368 g/mol. The lowest BCUT2D eigenvalue weighted by Crippen LogP contribution is -2.44. The minimum atomic E-state index is 0.0368. The number of para-hydroxylation sites is 1. The van der Waals surface area contributed by atoms with Crippen molar-refractivity contribution in [3.8, 4) is 0 Å². The fourth-order valence-electron chi connectivity index (χ4n) is 3.51. The number of benzene rings is 2. The Hall–Kier alpha value is -2.44. The van der Waals surface area contributed by atoms with Gasteiger partial charge in [-0.2, -0.15) is 0 Å². The lowest BCUT2D eigenvalue weighted by molar-refractivity contribution is -0.116. The molecule has 2 heterocycles. The van der Waals surface area contributed by atoms with Gasteiger partial charge in [-0.05, 0) is 49.9 Å². The number of fused-ring (bicyclic) bond motifs is 1. The van der Waals surface area contributed by atoms with Crippen molar-refractivity contribution in [2.24, 2.45) is 0 Å². The van der Waals surface area contributed by atoms with E-state index in [1.165, 1.54) is 10.4 Å². The van der Waals surface area contributed by atoms with Gasteiger partial charge in [0, 0.05) is 50.4 Å². The smallest absolute Gasteiger partial charge is 0.224 e. The molecule has 1 aliphatic heterocycles. The van der Waals surface area contributed by atoms with Gasteiger partial charge in [0.05, 0.1) is 15.2 Å². The average Bonchev–Trinajstić information content (AvgIpc) is 3.12. The van der Waals surface area contributed by atoms with Crippen molar-refractivity contribution >= 4 is 38.8 Å². The molecule has 0 spiro atoms. The highest BCUT2D eigenvalue weighted by molar-refractivity contribution is 7.18. The van der Waals surface area contributed by atoms with Crippen molar-refractivity contribution in [1.29, 1.82) is 0 Å². The zero-order valence-electron chi connectivity index (χ0n) is 16.4. The first kappa shape index (κ1) is 18.9. The normalized spacial score (nSPS) is 15.1. The van der Waals surface area contributed by atoms with Crippen LogP contribution in [0.2, 0.25) is 0 Å². The van der Waals surface area contributed by atoms with Crippen molar-refractivity contribution in [2.75, 3.05) is 43.4 Å². The fraction of sp³-hybridized carbons (Fsp3) is 0.364. The van der Waals surface area contributed by atoms with Crippen LogP contribution >= 0.6 is 11.3 Å². The molecule has 0 bridgehead atoms. The summed E-state index contributed by atoms with van der Waals surface area (Å²) >= 11 is 1.67. The quantitative estimate of drug-likeness (QED) is 0.712. The Morgan fingerprint density at radius 1 is 1.14 bits per heavy atom. The van der Waals surface area contributed by atoms with E-state index in [4.69, 9.17) is 0 Å². The molecular formula is C22H26N4OS. The SMILES string of the molecule is Cc1cc(N2CCN(C)CC2)ccc1NC(=O)CCc1nc2ccccc2s1. The lowest BCUT2D eigenvalue weighted by atomic mass is 10.1. The molecule has 0 unspecified atom stereocenters. The summed E-state index contributed by atoms with van der Waals surface area (Å²) in [6.45, 7) is 6.32. The first-order chi connectivity index (χ1) is 13.6. The second-order valence-corrected chi connectivity index (χ2v) is 8.53. The van der Waals surface area contributed by atoms with E-state index in [1.807, 2.05) is 24.3 Å². The number of hydrogen-bond donors (Lipinski definition) is 1. The summed E-state index contributed by atoms with van der Waals surface area (Å²) < 4.78 is 1.17. The number of nitrogens with one attached hydrogen (secondary N) is 1. The van der Waals surface area contributed by atoms with Crippen LogP contribution in [-0.4, -0.2) is 49.0 Å². The van der Waals surface area contributed by atoms with E-state index >= 15 is 0 Å². The van der Waals surface area contributed by atoms with Gasteiger partial charge < -0.3 is 15.1 Å². The topological polar surface area (TPSA) is 48.5 Å². The highest BCUT2D eigenvalue weighted by atomic mass is 32.1. The largest absolute Gasteiger partial charge is 0.369 e. The molecule has 2 aromatic carbocycles. The number of carbonyl (C=O) groups excluding carboxylic acids is 1. The third kappa shape index (κ3) is 4.34. The molecule has 146 valence electrons. The van der Waals surface area contributed by atoms with Gasteiger partial charge in [-0.3, -0.25) is 4.79 Å². The van der Waals surface area contributed by atoms with Crippen LogP contribution in [0.3, 0.4) is 0 Å². The molecule has 0 aliphatic carbocycles. The molecule has 6 heteroatoms. The van der Waals surface area contributed by atoms with Gasteiger partial charge in [-0.25, -0.2) is 4.98 Å². The standard InChI is InChI=1S/C22H26N4OS/c1-16-15-17(26-13-11-25(2)12-14-26)7-8-18(16)23-21(27)9-10-22-24-19-5-3-4-6-20(19)28-22/h3-8,15H,9-14H2,1-2H3,(H,23,27). The Morgan fingerprint density at radius 2 is 1.93 bits per heavy atom. The number of aromatic nitrogens is 1. The van der Waals surface area contributed by atoms with Crippen LogP contribution in [0.5, 0.6) is 0 Å². The van der Waals surface area contributed by atoms with Crippen molar-refractivity contribution in [2.45, 2.75) is 19.8 Å². The molecule has 1 aromatic heterocycles. The zero-order chi connectivity index (χ0) is 19.5.